The lowest BCUT2D eigenvalue weighted by molar-refractivity contribution is -0.135. The molecule has 0 bridgehead atoms. The summed E-state index contributed by atoms with van der Waals surface area (Å²) in [5.41, 5.74) is 3.03. The van der Waals surface area contributed by atoms with Gasteiger partial charge in [0.25, 0.3) is 6.47 Å². The Morgan fingerprint density at radius 1 is 0.933 bits per heavy atom. The standard InChI is InChI=1S/C10H13N.C9H15NO2.C6H5F/c1-11-7-6-9-4-2-3-5-10(9)8-11;1-10-4-7-2-3-9(12-6-11)8(7)5-10;7-6-4-2-1-3-5-6/h2-5H,6-8H2,1H3;6-9H,2-5H2,1H3;1-5H/t;7-,8+,9?;/m.1./s1. The Kier molecular flexibility index (Phi) is 8.40. The maximum atomic E-state index is 11.9. The molecule has 1 saturated carbocycles. The fourth-order valence-electron chi connectivity index (χ4n) is 4.73. The van der Waals surface area contributed by atoms with E-state index in [1.807, 2.05) is 0 Å². The van der Waals surface area contributed by atoms with Gasteiger partial charge in [-0.3, -0.25) is 4.79 Å². The van der Waals surface area contributed by atoms with Crippen LogP contribution >= 0.6 is 0 Å². The summed E-state index contributed by atoms with van der Waals surface area (Å²) in [7, 11) is 4.31. The first-order chi connectivity index (χ1) is 14.6. The van der Waals surface area contributed by atoms with Crippen molar-refractivity contribution in [3.8, 4) is 0 Å². The number of carbonyl (C=O) groups is 1. The number of hydrogen-bond donors (Lipinski definition) is 0. The molecular weight excluding hydrogens is 379 g/mol. The summed E-state index contributed by atoms with van der Waals surface area (Å²) in [6.07, 6.45) is 3.72. The summed E-state index contributed by atoms with van der Waals surface area (Å²) < 4.78 is 17.0. The molecule has 5 rings (SSSR count). The van der Waals surface area contributed by atoms with Gasteiger partial charge in [-0.1, -0.05) is 42.5 Å². The van der Waals surface area contributed by atoms with Crippen LogP contribution in [0.2, 0.25) is 0 Å². The molecular formula is C25H33FN2O2. The molecule has 2 aromatic rings. The molecule has 4 nitrogen and oxygen atoms in total. The van der Waals surface area contributed by atoms with Crippen LogP contribution in [-0.4, -0.2) is 56.1 Å². The zero-order valence-electron chi connectivity index (χ0n) is 18.0. The van der Waals surface area contributed by atoms with Crippen molar-refractivity contribution in [2.45, 2.75) is 31.9 Å². The van der Waals surface area contributed by atoms with Gasteiger partial charge in [-0.25, -0.2) is 4.39 Å². The lowest BCUT2D eigenvalue weighted by Crippen LogP contribution is -2.26. The van der Waals surface area contributed by atoms with E-state index in [1.54, 1.807) is 18.2 Å². The van der Waals surface area contributed by atoms with Crippen molar-refractivity contribution in [3.05, 3.63) is 71.5 Å². The van der Waals surface area contributed by atoms with Crippen LogP contribution < -0.4 is 0 Å². The molecule has 1 aliphatic carbocycles. The van der Waals surface area contributed by atoms with Crippen molar-refractivity contribution in [3.63, 3.8) is 0 Å². The molecule has 30 heavy (non-hydrogen) atoms. The van der Waals surface area contributed by atoms with Crippen LogP contribution in [-0.2, 0) is 22.5 Å². The molecule has 162 valence electrons. The second-order valence-electron chi connectivity index (χ2n) is 8.55. The number of carbonyl (C=O) groups excluding carboxylic acids is 1. The minimum absolute atomic E-state index is 0.178. The fourth-order valence-corrected chi connectivity index (χ4v) is 4.73. The first-order valence-corrected chi connectivity index (χ1v) is 10.8. The Bertz CT molecular complexity index is 786. The summed E-state index contributed by atoms with van der Waals surface area (Å²) >= 11 is 0. The van der Waals surface area contributed by atoms with Crippen molar-refractivity contribution in [1.82, 2.24) is 9.80 Å². The van der Waals surface area contributed by atoms with Gasteiger partial charge in [0, 0.05) is 32.1 Å². The minimum atomic E-state index is -0.178. The van der Waals surface area contributed by atoms with E-state index < -0.39 is 0 Å². The Labute approximate surface area is 179 Å². The first kappa shape index (κ1) is 22.4. The summed E-state index contributed by atoms with van der Waals surface area (Å²) in [5.74, 6) is 1.21. The Morgan fingerprint density at radius 3 is 2.30 bits per heavy atom. The molecule has 2 heterocycles. The smallest absolute Gasteiger partial charge is 0.293 e. The van der Waals surface area contributed by atoms with Crippen LogP contribution in [0.5, 0.6) is 0 Å². The van der Waals surface area contributed by atoms with Crippen molar-refractivity contribution in [2.24, 2.45) is 11.8 Å². The third-order valence-corrected chi connectivity index (χ3v) is 6.26. The number of likely N-dealkylation sites (N-methyl/N-ethyl adjacent to an activating group) is 1. The molecule has 2 fully saturated rings. The molecule has 0 radical (unpaired) electrons. The molecule has 0 amide bonds. The van der Waals surface area contributed by atoms with Crippen molar-refractivity contribution < 1.29 is 13.9 Å². The van der Waals surface area contributed by atoms with Crippen LogP contribution in [0.15, 0.2) is 54.6 Å². The maximum absolute atomic E-state index is 11.9. The molecule has 0 spiro atoms. The van der Waals surface area contributed by atoms with Gasteiger partial charge in [0.05, 0.1) is 0 Å². The van der Waals surface area contributed by atoms with Crippen LogP contribution in [0.1, 0.15) is 24.0 Å². The van der Waals surface area contributed by atoms with Crippen LogP contribution in [0.25, 0.3) is 0 Å². The van der Waals surface area contributed by atoms with Gasteiger partial charge in [-0.15, -0.1) is 0 Å². The average Bonchev–Trinajstić information content (AvgIpc) is 3.29. The Balaban J connectivity index is 0.000000133. The third-order valence-electron chi connectivity index (χ3n) is 6.26. The molecule has 2 aromatic carbocycles. The Morgan fingerprint density at radius 2 is 1.63 bits per heavy atom. The number of ether oxygens (including phenoxy) is 1. The van der Waals surface area contributed by atoms with Gasteiger partial charge in [-0.05, 0) is 62.5 Å². The summed E-state index contributed by atoms with van der Waals surface area (Å²) in [4.78, 5) is 14.9. The van der Waals surface area contributed by atoms with E-state index in [4.69, 9.17) is 4.74 Å². The van der Waals surface area contributed by atoms with E-state index in [9.17, 15) is 9.18 Å². The number of benzene rings is 2. The number of likely N-dealkylation sites (tertiary alicyclic amines) is 1. The second kappa shape index (κ2) is 11.2. The average molecular weight is 413 g/mol. The lowest BCUT2D eigenvalue weighted by Gasteiger charge is -2.24. The van der Waals surface area contributed by atoms with Gasteiger partial charge >= 0.3 is 0 Å². The van der Waals surface area contributed by atoms with Crippen LogP contribution in [0.4, 0.5) is 4.39 Å². The number of rotatable bonds is 2. The predicted octanol–water partition coefficient (Wildman–Crippen LogP) is 4.00. The summed E-state index contributed by atoms with van der Waals surface area (Å²) in [5, 5.41) is 0. The highest BCUT2D eigenvalue weighted by Gasteiger charge is 2.42. The lowest BCUT2D eigenvalue weighted by atomic mass is 9.99. The Hall–Kier alpha value is -2.24. The van der Waals surface area contributed by atoms with Gasteiger partial charge < -0.3 is 14.5 Å². The van der Waals surface area contributed by atoms with E-state index in [1.165, 1.54) is 49.2 Å². The van der Waals surface area contributed by atoms with Gasteiger partial charge in [0.1, 0.15) is 11.9 Å². The molecule has 3 atom stereocenters. The van der Waals surface area contributed by atoms with Crippen LogP contribution in [0, 0.1) is 17.7 Å². The zero-order valence-corrected chi connectivity index (χ0v) is 18.0. The molecule has 3 aliphatic rings. The molecule has 0 aromatic heterocycles. The van der Waals surface area contributed by atoms with E-state index in [2.05, 4.69) is 48.2 Å². The van der Waals surface area contributed by atoms with Gasteiger partial charge in [0.2, 0.25) is 0 Å². The maximum Gasteiger partial charge on any atom is 0.293 e. The first-order valence-electron chi connectivity index (χ1n) is 10.8. The van der Waals surface area contributed by atoms with Crippen molar-refractivity contribution in [2.75, 3.05) is 33.7 Å². The predicted molar refractivity (Wildman–Crippen MR) is 118 cm³/mol. The molecule has 5 heteroatoms. The van der Waals surface area contributed by atoms with E-state index in [-0.39, 0.29) is 11.9 Å². The highest BCUT2D eigenvalue weighted by Crippen LogP contribution is 2.38. The largest absolute Gasteiger partial charge is 0.464 e. The van der Waals surface area contributed by atoms with E-state index >= 15 is 0 Å². The highest BCUT2D eigenvalue weighted by atomic mass is 19.1. The number of halogens is 1. The van der Waals surface area contributed by atoms with Crippen LogP contribution in [0.3, 0.4) is 0 Å². The molecule has 1 unspecified atom stereocenters. The zero-order chi connectivity index (χ0) is 21.3. The van der Waals surface area contributed by atoms with Crippen molar-refractivity contribution in [1.29, 1.82) is 0 Å². The van der Waals surface area contributed by atoms with Crippen molar-refractivity contribution >= 4 is 6.47 Å². The van der Waals surface area contributed by atoms with E-state index in [0.717, 1.165) is 25.4 Å². The summed E-state index contributed by atoms with van der Waals surface area (Å²) in [6.45, 7) is 5.21. The summed E-state index contributed by atoms with van der Waals surface area (Å²) in [6, 6.07) is 16.7. The number of fused-ring (bicyclic) bond motifs is 2. The highest BCUT2D eigenvalue weighted by molar-refractivity contribution is 5.37. The normalized spacial score (nSPS) is 25.1. The van der Waals surface area contributed by atoms with Gasteiger partial charge in [-0.2, -0.15) is 0 Å². The third kappa shape index (κ3) is 6.38. The number of hydrogen-bond acceptors (Lipinski definition) is 4. The molecule has 1 saturated heterocycles. The quantitative estimate of drug-likeness (QED) is 0.698. The fraction of sp³-hybridized carbons (Fsp3) is 0.480. The topological polar surface area (TPSA) is 32.8 Å². The number of nitrogens with zero attached hydrogens (tertiary/aromatic N) is 2. The molecule has 0 N–H and O–H groups in total. The minimum Gasteiger partial charge on any atom is -0.464 e. The molecule has 2 aliphatic heterocycles. The second-order valence-corrected chi connectivity index (χ2v) is 8.55. The monoisotopic (exact) mass is 412 g/mol. The SMILES string of the molecule is CN1CCc2ccccc2C1.CN1C[C@H]2CCC(OC=O)[C@H]2C1.Fc1ccccc1. The van der Waals surface area contributed by atoms with Gasteiger partial charge in [0.15, 0.2) is 0 Å². The van der Waals surface area contributed by atoms with E-state index in [0.29, 0.717) is 12.4 Å².